The lowest BCUT2D eigenvalue weighted by molar-refractivity contribution is -0.117. The summed E-state index contributed by atoms with van der Waals surface area (Å²) in [5.41, 5.74) is 0.465. The largest absolute Gasteiger partial charge is 0.325 e. The number of halogens is 3. The minimum Gasteiger partial charge on any atom is -0.306 e. The van der Waals surface area contributed by atoms with Crippen molar-refractivity contribution in [3.8, 4) is 0 Å². The van der Waals surface area contributed by atoms with Crippen LogP contribution in [0.15, 0.2) is 22.7 Å². The molecule has 3 amide bonds. The molecule has 7 heteroatoms. The molecule has 0 saturated heterocycles. The summed E-state index contributed by atoms with van der Waals surface area (Å²) in [7, 11) is 0. The predicted octanol–water partition coefficient (Wildman–Crippen LogP) is 2.99. The van der Waals surface area contributed by atoms with Gasteiger partial charge in [-0.1, -0.05) is 11.6 Å². The van der Waals surface area contributed by atoms with Crippen molar-refractivity contribution in [1.29, 1.82) is 0 Å². The SMILES string of the molecule is O=C(CCl)NC(=O)Nc1cc(Cl)ccc1Br. The third kappa shape index (κ3) is 4.00. The van der Waals surface area contributed by atoms with E-state index in [0.717, 1.165) is 0 Å². The lowest BCUT2D eigenvalue weighted by Crippen LogP contribution is -2.35. The lowest BCUT2D eigenvalue weighted by Gasteiger charge is -2.07. The number of benzene rings is 1. The number of carbonyl (C=O) groups excluding carboxylic acids is 2. The summed E-state index contributed by atoms with van der Waals surface area (Å²) in [5, 5.41) is 4.97. The van der Waals surface area contributed by atoms with Crippen LogP contribution in [0, 0.1) is 0 Å². The number of alkyl halides is 1. The van der Waals surface area contributed by atoms with Gasteiger partial charge in [0.2, 0.25) is 5.91 Å². The van der Waals surface area contributed by atoms with Crippen LogP contribution < -0.4 is 10.6 Å². The Bertz CT molecular complexity index is 426. The maximum atomic E-state index is 11.3. The van der Waals surface area contributed by atoms with Crippen molar-refractivity contribution in [2.24, 2.45) is 0 Å². The van der Waals surface area contributed by atoms with Gasteiger partial charge < -0.3 is 5.32 Å². The summed E-state index contributed by atoms with van der Waals surface area (Å²) < 4.78 is 0.658. The second-order valence-electron chi connectivity index (χ2n) is 2.76. The van der Waals surface area contributed by atoms with E-state index in [1.807, 2.05) is 5.32 Å². The number of carbonyl (C=O) groups is 2. The van der Waals surface area contributed by atoms with Gasteiger partial charge in [-0.05, 0) is 34.1 Å². The van der Waals surface area contributed by atoms with E-state index in [2.05, 4.69) is 21.2 Å². The van der Waals surface area contributed by atoms with Crippen LogP contribution in [0.5, 0.6) is 0 Å². The molecule has 0 atom stereocenters. The smallest absolute Gasteiger partial charge is 0.306 e. The van der Waals surface area contributed by atoms with Crippen LogP contribution in [0.4, 0.5) is 10.5 Å². The van der Waals surface area contributed by atoms with Crippen molar-refractivity contribution in [3.63, 3.8) is 0 Å². The molecule has 1 aromatic carbocycles. The van der Waals surface area contributed by atoms with Crippen molar-refractivity contribution in [2.45, 2.75) is 0 Å². The Morgan fingerprint density at radius 1 is 1.38 bits per heavy atom. The molecule has 16 heavy (non-hydrogen) atoms. The highest BCUT2D eigenvalue weighted by Crippen LogP contribution is 2.25. The second-order valence-corrected chi connectivity index (χ2v) is 4.32. The minimum atomic E-state index is -0.659. The Balaban J connectivity index is 2.69. The van der Waals surface area contributed by atoms with Gasteiger partial charge in [-0.15, -0.1) is 11.6 Å². The highest BCUT2D eigenvalue weighted by Gasteiger charge is 2.08. The topological polar surface area (TPSA) is 58.2 Å². The van der Waals surface area contributed by atoms with Crippen molar-refractivity contribution in [3.05, 3.63) is 27.7 Å². The summed E-state index contributed by atoms with van der Waals surface area (Å²) in [6.45, 7) is 0. The number of anilines is 1. The summed E-state index contributed by atoms with van der Waals surface area (Å²) in [5.74, 6) is -0.846. The minimum absolute atomic E-state index is 0.274. The fraction of sp³-hybridized carbons (Fsp3) is 0.111. The monoisotopic (exact) mass is 324 g/mol. The molecular formula is C9H7BrCl2N2O2. The average molecular weight is 326 g/mol. The first-order chi connectivity index (χ1) is 7.52. The van der Waals surface area contributed by atoms with Crippen LogP contribution in [0.1, 0.15) is 0 Å². The molecule has 4 nitrogen and oxygen atoms in total. The van der Waals surface area contributed by atoms with E-state index in [0.29, 0.717) is 15.2 Å². The van der Waals surface area contributed by atoms with E-state index < -0.39 is 11.9 Å². The Morgan fingerprint density at radius 3 is 2.69 bits per heavy atom. The molecule has 0 heterocycles. The Morgan fingerprint density at radius 2 is 2.06 bits per heavy atom. The molecule has 0 bridgehead atoms. The molecule has 2 N–H and O–H groups in total. The molecule has 0 aromatic heterocycles. The van der Waals surface area contributed by atoms with Crippen LogP contribution in [-0.4, -0.2) is 17.8 Å². The van der Waals surface area contributed by atoms with Gasteiger partial charge in [0.05, 0.1) is 5.69 Å². The number of nitrogens with one attached hydrogen (secondary N) is 2. The number of imide groups is 1. The molecule has 0 spiro atoms. The van der Waals surface area contributed by atoms with E-state index in [-0.39, 0.29) is 5.88 Å². The molecule has 1 aromatic rings. The molecule has 86 valence electrons. The fourth-order valence-electron chi connectivity index (χ4n) is 0.907. The zero-order valence-electron chi connectivity index (χ0n) is 7.89. The third-order valence-electron chi connectivity index (χ3n) is 1.55. The summed E-state index contributed by atoms with van der Waals surface area (Å²) in [6.07, 6.45) is 0. The number of rotatable bonds is 2. The fourth-order valence-corrected chi connectivity index (χ4v) is 1.49. The molecule has 0 aliphatic rings. The standard InChI is InChI=1S/C9H7BrCl2N2O2/c10-6-2-1-5(12)3-7(6)13-9(16)14-8(15)4-11/h1-3H,4H2,(H2,13,14,15,16). The molecule has 0 saturated carbocycles. The predicted molar refractivity (Wildman–Crippen MR) is 67.0 cm³/mol. The lowest BCUT2D eigenvalue weighted by atomic mass is 10.3. The first-order valence-corrected chi connectivity index (χ1v) is 5.85. The van der Waals surface area contributed by atoms with Gasteiger partial charge >= 0.3 is 6.03 Å². The molecule has 1 rings (SSSR count). The third-order valence-corrected chi connectivity index (χ3v) is 2.72. The second kappa shape index (κ2) is 6.08. The Kier molecular flexibility index (Phi) is 5.05. The van der Waals surface area contributed by atoms with Gasteiger partial charge in [-0.2, -0.15) is 0 Å². The number of amides is 3. The number of urea groups is 1. The summed E-state index contributed by atoms with van der Waals surface area (Å²) in [4.78, 5) is 22.1. The molecular weight excluding hydrogens is 319 g/mol. The van der Waals surface area contributed by atoms with Gasteiger partial charge in [0.25, 0.3) is 0 Å². The zero-order chi connectivity index (χ0) is 12.1. The van der Waals surface area contributed by atoms with Crippen LogP contribution in [0.25, 0.3) is 0 Å². The number of hydrogen-bond donors (Lipinski definition) is 2. The molecule has 0 aliphatic heterocycles. The summed E-state index contributed by atoms with van der Waals surface area (Å²) >= 11 is 14.2. The van der Waals surface area contributed by atoms with Gasteiger partial charge in [0, 0.05) is 9.50 Å². The van der Waals surface area contributed by atoms with Crippen molar-refractivity contribution in [1.82, 2.24) is 5.32 Å². The van der Waals surface area contributed by atoms with Crippen LogP contribution >= 0.6 is 39.1 Å². The molecule has 0 unspecified atom stereocenters. The first-order valence-electron chi connectivity index (χ1n) is 4.15. The van der Waals surface area contributed by atoms with Crippen molar-refractivity contribution in [2.75, 3.05) is 11.2 Å². The molecule has 0 fully saturated rings. The maximum absolute atomic E-state index is 11.3. The van der Waals surface area contributed by atoms with E-state index in [4.69, 9.17) is 23.2 Å². The Labute approximate surface area is 110 Å². The van der Waals surface area contributed by atoms with E-state index in [1.165, 1.54) is 0 Å². The first kappa shape index (κ1) is 13.3. The van der Waals surface area contributed by atoms with E-state index >= 15 is 0 Å². The van der Waals surface area contributed by atoms with Gasteiger partial charge in [-0.3, -0.25) is 10.1 Å². The van der Waals surface area contributed by atoms with E-state index in [9.17, 15) is 9.59 Å². The highest BCUT2D eigenvalue weighted by atomic mass is 79.9. The highest BCUT2D eigenvalue weighted by molar-refractivity contribution is 9.10. The van der Waals surface area contributed by atoms with Crippen LogP contribution in [0.3, 0.4) is 0 Å². The summed E-state index contributed by atoms with van der Waals surface area (Å²) in [6, 6.07) is 4.24. The average Bonchev–Trinajstić information content (AvgIpc) is 2.23. The van der Waals surface area contributed by atoms with E-state index in [1.54, 1.807) is 18.2 Å². The maximum Gasteiger partial charge on any atom is 0.325 e. The number of hydrogen-bond acceptors (Lipinski definition) is 2. The molecule has 0 aliphatic carbocycles. The van der Waals surface area contributed by atoms with Crippen molar-refractivity contribution < 1.29 is 9.59 Å². The Hall–Kier alpha value is -0.780. The van der Waals surface area contributed by atoms with Gasteiger partial charge in [0.1, 0.15) is 5.88 Å². The quantitative estimate of drug-likeness (QED) is 0.821. The normalized spacial score (nSPS) is 9.69. The van der Waals surface area contributed by atoms with Gasteiger partial charge in [0.15, 0.2) is 0 Å². The van der Waals surface area contributed by atoms with Crippen molar-refractivity contribution >= 4 is 56.8 Å². The van der Waals surface area contributed by atoms with Crippen LogP contribution in [-0.2, 0) is 4.79 Å². The van der Waals surface area contributed by atoms with Gasteiger partial charge in [-0.25, -0.2) is 4.79 Å². The zero-order valence-corrected chi connectivity index (χ0v) is 11.0. The molecule has 0 radical (unpaired) electrons. The van der Waals surface area contributed by atoms with Crippen LogP contribution in [0.2, 0.25) is 5.02 Å².